The van der Waals surface area contributed by atoms with Gasteiger partial charge in [0.2, 0.25) is 0 Å². The minimum Gasteiger partial charge on any atom is -0.381 e. The molecule has 12 heteroatoms. The summed E-state index contributed by atoms with van der Waals surface area (Å²) in [6, 6.07) is 20.7. The number of benzene rings is 3. The first-order valence-electron chi connectivity index (χ1n) is 17.9. The lowest BCUT2D eigenvalue weighted by Gasteiger charge is -2.62. The first kappa shape index (κ1) is 34.4. The lowest BCUT2D eigenvalue weighted by atomic mass is 9.60. The first-order valence-corrected chi connectivity index (χ1v) is 19.4. The van der Waals surface area contributed by atoms with Gasteiger partial charge < -0.3 is 15.0 Å². The third-order valence-electron chi connectivity index (χ3n) is 11.3. The molecule has 3 aliphatic heterocycles. The van der Waals surface area contributed by atoms with Gasteiger partial charge in [0.1, 0.15) is 5.69 Å². The highest BCUT2D eigenvalue weighted by molar-refractivity contribution is 7.90. The minimum atomic E-state index is -4.35. The molecule has 0 aromatic heterocycles. The lowest BCUT2D eigenvalue weighted by molar-refractivity contribution is -0.384. The van der Waals surface area contributed by atoms with Crippen molar-refractivity contribution in [2.45, 2.75) is 75.3 Å². The summed E-state index contributed by atoms with van der Waals surface area (Å²) >= 11 is 0. The molecule has 0 radical (unpaired) electrons. The van der Waals surface area contributed by atoms with E-state index in [2.05, 4.69) is 58.0 Å². The van der Waals surface area contributed by atoms with Crippen LogP contribution in [0, 0.1) is 21.4 Å². The molecule has 7 rings (SSSR count). The van der Waals surface area contributed by atoms with Gasteiger partial charge in [-0.2, -0.15) is 0 Å². The SMILES string of the molecule is CC(C)c1ccccc1[C@@H]1CCCN1C1CC2(C1)CN(c1ccc(C(=O)NS(=O)(=O)c3ccc(NCC4CCOCC4)c([N+](=O)[O-])c3)cc1)C2. The highest BCUT2D eigenvalue weighted by Crippen LogP contribution is 2.54. The third-order valence-corrected chi connectivity index (χ3v) is 12.6. The Morgan fingerprint density at radius 3 is 2.44 bits per heavy atom. The maximum Gasteiger partial charge on any atom is 0.293 e. The van der Waals surface area contributed by atoms with E-state index in [0.29, 0.717) is 49.1 Å². The van der Waals surface area contributed by atoms with Crippen molar-refractivity contribution in [1.29, 1.82) is 0 Å². The van der Waals surface area contributed by atoms with E-state index in [9.17, 15) is 23.3 Å². The van der Waals surface area contributed by atoms with Crippen LogP contribution in [-0.2, 0) is 14.8 Å². The minimum absolute atomic E-state index is 0.197. The molecule has 3 saturated heterocycles. The zero-order valence-electron chi connectivity index (χ0n) is 28.8. The van der Waals surface area contributed by atoms with E-state index in [1.807, 2.05) is 12.1 Å². The summed E-state index contributed by atoms with van der Waals surface area (Å²) in [7, 11) is -4.35. The number of likely N-dealkylation sites (tertiary alicyclic amines) is 1. The van der Waals surface area contributed by atoms with Crippen LogP contribution < -0.4 is 14.9 Å². The molecule has 0 bridgehead atoms. The zero-order valence-corrected chi connectivity index (χ0v) is 29.7. The second-order valence-electron chi connectivity index (χ2n) is 15.0. The van der Waals surface area contributed by atoms with Gasteiger partial charge in [-0.3, -0.25) is 19.8 Å². The highest BCUT2D eigenvalue weighted by Gasteiger charge is 2.55. The Labute approximate surface area is 294 Å². The van der Waals surface area contributed by atoms with Gasteiger partial charge in [-0.15, -0.1) is 0 Å². The smallest absolute Gasteiger partial charge is 0.293 e. The lowest BCUT2D eigenvalue weighted by Crippen LogP contribution is -2.66. The van der Waals surface area contributed by atoms with Crippen molar-refractivity contribution in [1.82, 2.24) is 9.62 Å². The molecular weight excluding hydrogens is 655 g/mol. The van der Waals surface area contributed by atoms with Gasteiger partial charge >= 0.3 is 0 Å². The number of carbonyl (C=O) groups is 1. The Bertz CT molecular complexity index is 1830. The average molecular weight is 702 g/mol. The van der Waals surface area contributed by atoms with E-state index in [0.717, 1.165) is 44.2 Å². The van der Waals surface area contributed by atoms with Crippen LogP contribution in [0.15, 0.2) is 71.6 Å². The van der Waals surface area contributed by atoms with Crippen molar-refractivity contribution >= 4 is 33.0 Å². The molecule has 1 amide bonds. The van der Waals surface area contributed by atoms with Crippen LogP contribution in [0.4, 0.5) is 17.1 Å². The highest BCUT2D eigenvalue weighted by atomic mass is 32.2. The molecule has 50 heavy (non-hydrogen) atoms. The van der Waals surface area contributed by atoms with Crippen molar-refractivity contribution < 1.29 is 22.9 Å². The second-order valence-corrected chi connectivity index (χ2v) is 16.6. The second kappa shape index (κ2) is 14.0. The third kappa shape index (κ3) is 6.97. The Morgan fingerprint density at radius 1 is 1.02 bits per heavy atom. The topological polar surface area (TPSA) is 134 Å². The number of amides is 1. The average Bonchev–Trinajstić information content (AvgIpc) is 3.56. The molecule has 4 fully saturated rings. The van der Waals surface area contributed by atoms with Crippen LogP contribution in [-0.4, -0.2) is 69.6 Å². The molecule has 0 unspecified atom stereocenters. The number of nitrogens with one attached hydrogen (secondary N) is 2. The summed E-state index contributed by atoms with van der Waals surface area (Å²) in [5, 5.41) is 14.9. The van der Waals surface area contributed by atoms with Crippen molar-refractivity contribution in [2.24, 2.45) is 11.3 Å². The molecule has 3 heterocycles. The first-order chi connectivity index (χ1) is 24.0. The number of carbonyl (C=O) groups excluding carboxylic acids is 1. The Morgan fingerprint density at radius 2 is 1.74 bits per heavy atom. The number of anilines is 2. The van der Waals surface area contributed by atoms with Gasteiger partial charge in [0.05, 0.1) is 9.82 Å². The monoisotopic (exact) mass is 701 g/mol. The van der Waals surface area contributed by atoms with Crippen LogP contribution in [0.3, 0.4) is 0 Å². The molecule has 11 nitrogen and oxygen atoms in total. The Hall–Kier alpha value is -4.00. The molecule has 3 aromatic rings. The van der Waals surface area contributed by atoms with Gasteiger partial charge in [0, 0.05) is 67.7 Å². The fraction of sp³-hybridized carbons (Fsp3) is 0.500. The van der Waals surface area contributed by atoms with Crippen LogP contribution in [0.25, 0.3) is 0 Å². The number of rotatable bonds is 11. The van der Waals surface area contributed by atoms with E-state index in [1.54, 1.807) is 12.1 Å². The molecule has 2 N–H and O–H groups in total. The van der Waals surface area contributed by atoms with Crippen LogP contribution in [0.1, 0.15) is 85.8 Å². The van der Waals surface area contributed by atoms with E-state index < -0.39 is 20.9 Å². The molecule has 1 spiro atoms. The number of ether oxygens (including phenoxy) is 1. The number of nitro groups is 1. The summed E-state index contributed by atoms with van der Waals surface area (Å²) in [6.45, 7) is 9.51. The van der Waals surface area contributed by atoms with Crippen molar-refractivity contribution in [3.63, 3.8) is 0 Å². The number of hydrogen-bond donors (Lipinski definition) is 2. The van der Waals surface area contributed by atoms with Crippen LogP contribution >= 0.6 is 0 Å². The van der Waals surface area contributed by atoms with Crippen molar-refractivity contribution in [3.8, 4) is 0 Å². The van der Waals surface area contributed by atoms with Crippen LogP contribution in [0.2, 0.25) is 0 Å². The summed E-state index contributed by atoms with van der Waals surface area (Å²) < 4.78 is 33.7. The number of nitro benzene ring substituents is 1. The molecule has 1 atom stereocenters. The fourth-order valence-corrected chi connectivity index (χ4v) is 9.52. The molecular formula is C38H47N5O6S. The summed E-state index contributed by atoms with van der Waals surface area (Å²) in [5.74, 6) is 0.0403. The van der Waals surface area contributed by atoms with Gasteiger partial charge in [-0.05, 0) is 104 Å². The summed E-state index contributed by atoms with van der Waals surface area (Å²) in [4.78, 5) is 28.9. The van der Waals surface area contributed by atoms with E-state index in [-0.39, 0.29) is 21.8 Å². The quantitative estimate of drug-likeness (QED) is 0.170. The standard InChI is InChI=1S/C38H47N5O6S/c1-26(2)32-6-3-4-7-33(32)35-8-5-17-42(35)30-21-38(22-30)24-41(25-38)29-11-9-28(10-12-29)37(44)40-50(47,48)31-13-14-34(36(20-31)43(45)46)39-23-27-15-18-49-19-16-27/h3-4,6-7,9-14,20,26-27,30,35,39H,5,8,15-19,21-25H2,1-2H3,(H,40,44)/t35-/m0/s1. The maximum atomic E-state index is 13.1. The van der Waals surface area contributed by atoms with Gasteiger partial charge in [0.15, 0.2) is 0 Å². The largest absolute Gasteiger partial charge is 0.381 e. The summed E-state index contributed by atoms with van der Waals surface area (Å²) in [5.41, 5.74) is 4.37. The molecule has 266 valence electrons. The van der Waals surface area contributed by atoms with Gasteiger partial charge in [-0.25, -0.2) is 13.1 Å². The van der Waals surface area contributed by atoms with Crippen LogP contribution in [0.5, 0.6) is 0 Å². The predicted octanol–water partition coefficient (Wildman–Crippen LogP) is 6.48. The maximum absolute atomic E-state index is 13.1. The summed E-state index contributed by atoms with van der Waals surface area (Å²) in [6.07, 6.45) is 6.58. The molecule has 4 aliphatic rings. The number of hydrogen-bond acceptors (Lipinski definition) is 9. The van der Waals surface area contributed by atoms with Crippen molar-refractivity contribution in [3.05, 3.63) is 93.5 Å². The fourth-order valence-electron chi connectivity index (χ4n) is 8.53. The molecule has 3 aromatic carbocycles. The van der Waals surface area contributed by atoms with E-state index in [4.69, 9.17) is 4.74 Å². The number of nitrogens with zero attached hydrogens (tertiary/aromatic N) is 3. The van der Waals surface area contributed by atoms with Gasteiger partial charge in [-0.1, -0.05) is 38.1 Å². The Balaban J connectivity index is 0.928. The van der Waals surface area contributed by atoms with Crippen molar-refractivity contribution in [2.75, 3.05) is 49.6 Å². The van der Waals surface area contributed by atoms with E-state index >= 15 is 0 Å². The zero-order chi connectivity index (χ0) is 35.0. The molecule has 1 saturated carbocycles. The number of sulfonamides is 1. The molecule has 1 aliphatic carbocycles. The Kier molecular flexibility index (Phi) is 9.62. The predicted molar refractivity (Wildman–Crippen MR) is 193 cm³/mol. The van der Waals surface area contributed by atoms with E-state index in [1.165, 1.54) is 48.9 Å². The van der Waals surface area contributed by atoms with Gasteiger partial charge in [0.25, 0.3) is 21.6 Å². The normalized spacial score (nSPS) is 21.2.